The van der Waals surface area contributed by atoms with Crippen LogP contribution < -0.4 is 20.5 Å². The maximum atomic E-state index is 11.8. The Morgan fingerprint density at radius 3 is 2.71 bits per heavy atom. The van der Waals surface area contributed by atoms with Gasteiger partial charge in [0.15, 0.2) is 6.61 Å². The van der Waals surface area contributed by atoms with Crippen molar-refractivity contribution in [1.29, 1.82) is 0 Å². The molecule has 6 heteroatoms. The van der Waals surface area contributed by atoms with Crippen molar-refractivity contribution in [2.24, 2.45) is 0 Å². The molecule has 1 amide bonds. The first-order chi connectivity index (χ1) is 10.1. The van der Waals surface area contributed by atoms with Crippen LogP contribution in [0.3, 0.4) is 0 Å². The molecule has 0 unspecified atom stereocenters. The number of nitrogen functional groups attached to an aromatic ring is 1. The Labute approximate surface area is 127 Å². The van der Waals surface area contributed by atoms with Crippen LogP contribution in [0, 0.1) is 0 Å². The summed E-state index contributed by atoms with van der Waals surface area (Å²) < 4.78 is 10.4. The van der Waals surface area contributed by atoms with Crippen molar-refractivity contribution in [2.75, 3.05) is 24.8 Å². The molecular formula is C15H15ClN2O3. The molecule has 5 nitrogen and oxygen atoms in total. The molecule has 21 heavy (non-hydrogen) atoms. The van der Waals surface area contributed by atoms with Gasteiger partial charge in [-0.1, -0.05) is 23.7 Å². The largest absolute Gasteiger partial charge is 0.495 e. The van der Waals surface area contributed by atoms with E-state index < -0.39 is 0 Å². The van der Waals surface area contributed by atoms with Crippen LogP contribution in [0.5, 0.6) is 11.5 Å². The summed E-state index contributed by atoms with van der Waals surface area (Å²) in [4.78, 5) is 11.8. The molecule has 0 radical (unpaired) electrons. The fraction of sp³-hybridized carbons (Fsp3) is 0.133. The van der Waals surface area contributed by atoms with Crippen LogP contribution >= 0.6 is 11.6 Å². The summed E-state index contributed by atoms with van der Waals surface area (Å²) in [6.07, 6.45) is 0. The minimum Gasteiger partial charge on any atom is -0.495 e. The first kappa shape index (κ1) is 15.0. The van der Waals surface area contributed by atoms with Crippen molar-refractivity contribution >= 4 is 28.9 Å². The molecule has 0 heterocycles. The van der Waals surface area contributed by atoms with E-state index in [0.29, 0.717) is 27.9 Å². The molecule has 0 aliphatic carbocycles. The Morgan fingerprint density at radius 1 is 1.24 bits per heavy atom. The number of anilines is 2. The second-order valence-electron chi connectivity index (χ2n) is 4.22. The first-order valence-corrected chi connectivity index (χ1v) is 6.58. The topological polar surface area (TPSA) is 73.6 Å². The maximum absolute atomic E-state index is 11.8. The van der Waals surface area contributed by atoms with E-state index in [1.807, 2.05) is 0 Å². The third-order valence-corrected chi connectivity index (χ3v) is 3.02. The second-order valence-corrected chi connectivity index (χ2v) is 4.63. The Balaban J connectivity index is 1.94. The molecule has 0 aliphatic rings. The Hall–Kier alpha value is -2.40. The van der Waals surface area contributed by atoms with E-state index in [-0.39, 0.29) is 12.5 Å². The maximum Gasteiger partial charge on any atom is 0.262 e. The van der Waals surface area contributed by atoms with Crippen molar-refractivity contribution in [3.63, 3.8) is 0 Å². The van der Waals surface area contributed by atoms with Gasteiger partial charge in [-0.3, -0.25) is 4.79 Å². The number of carbonyl (C=O) groups excluding carboxylic acids is 1. The molecule has 2 aromatic carbocycles. The number of nitrogens with one attached hydrogen (secondary N) is 1. The zero-order valence-electron chi connectivity index (χ0n) is 11.4. The van der Waals surface area contributed by atoms with Gasteiger partial charge in [0.2, 0.25) is 0 Å². The molecule has 0 saturated heterocycles. The SMILES string of the molecule is COc1cc(NC(=O)COc2ccccc2N)ccc1Cl. The zero-order chi connectivity index (χ0) is 15.2. The highest BCUT2D eigenvalue weighted by Gasteiger charge is 2.07. The van der Waals surface area contributed by atoms with Gasteiger partial charge >= 0.3 is 0 Å². The van der Waals surface area contributed by atoms with Gasteiger partial charge < -0.3 is 20.5 Å². The summed E-state index contributed by atoms with van der Waals surface area (Å²) in [6, 6.07) is 11.9. The Morgan fingerprint density at radius 2 is 2.00 bits per heavy atom. The van der Waals surface area contributed by atoms with Crippen LogP contribution in [-0.2, 0) is 4.79 Å². The summed E-state index contributed by atoms with van der Waals surface area (Å²) in [7, 11) is 1.51. The summed E-state index contributed by atoms with van der Waals surface area (Å²) >= 11 is 5.92. The fourth-order valence-corrected chi connectivity index (χ4v) is 1.88. The molecule has 0 spiro atoms. The molecule has 0 atom stereocenters. The van der Waals surface area contributed by atoms with Crippen molar-refractivity contribution in [1.82, 2.24) is 0 Å². The number of halogens is 1. The number of carbonyl (C=O) groups is 1. The molecule has 2 aromatic rings. The Bertz CT molecular complexity index is 647. The number of hydrogen-bond acceptors (Lipinski definition) is 4. The second kappa shape index (κ2) is 6.85. The minimum absolute atomic E-state index is 0.140. The van der Waals surface area contributed by atoms with Crippen molar-refractivity contribution in [3.05, 3.63) is 47.5 Å². The highest BCUT2D eigenvalue weighted by Crippen LogP contribution is 2.27. The van der Waals surface area contributed by atoms with Gasteiger partial charge in [-0.2, -0.15) is 0 Å². The summed E-state index contributed by atoms with van der Waals surface area (Å²) in [5.74, 6) is 0.659. The standard InChI is InChI=1S/C15H15ClN2O3/c1-20-14-8-10(6-7-11(14)16)18-15(19)9-21-13-5-3-2-4-12(13)17/h2-8H,9,17H2,1H3,(H,18,19). The highest BCUT2D eigenvalue weighted by molar-refractivity contribution is 6.32. The van der Waals surface area contributed by atoms with Crippen LogP contribution in [0.4, 0.5) is 11.4 Å². The lowest BCUT2D eigenvalue weighted by molar-refractivity contribution is -0.118. The smallest absolute Gasteiger partial charge is 0.262 e. The molecule has 0 fully saturated rings. The van der Waals surface area contributed by atoms with E-state index in [1.165, 1.54) is 7.11 Å². The fourth-order valence-electron chi connectivity index (χ4n) is 1.69. The van der Waals surface area contributed by atoms with E-state index >= 15 is 0 Å². The van der Waals surface area contributed by atoms with Crippen molar-refractivity contribution in [3.8, 4) is 11.5 Å². The number of methoxy groups -OCH3 is 1. The summed E-state index contributed by atoms with van der Waals surface area (Å²) in [5, 5.41) is 3.17. The van der Waals surface area contributed by atoms with Crippen LogP contribution in [-0.4, -0.2) is 19.6 Å². The summed E-state index contributed by atoms with van der Waals surface area (Å²) in [6.45, 7) is -0.140. The molecule has 2 rings (SSSR count). The molecule has 0 bridgehead atoms. The quantitative estimate of drug-likeness (QED) is 0.833. The molecular weight excluding hydrogens is 292 g/mol. The normalized spacial score (nSPS) is 10.0. The van der Waals surface area contributed by atoms with Crippen molar-refractivity contribution in [2.45, 2.75) is 0 Å². The lowest BCUT2D eigenvalue weighted by Crippen LogP contribution is -2.20. The average Bonchev–Trinajstić information content (AvgIpc) is 2.48. The van der Waals surface area contributed by atoms with Crippen LogP contribution in [0.1, 0.15) is 0 Å². The van der Waals surface area contributed by atoms with E-state index in [4.69, 9.17) is 26.8 Å². The first-order valence-electron chi connectivity index (χ1n) is 6.21. The number of amides is 1. The monoisotopic (exact) mass is 306 g/mol. The zero-order valence-corrected chi connectivity index (χ0v) is 12.2. The third-order valence-electron chi connectivity index (χ3n) is 2.71. The predicted molar refractivity (Wildman–Crippen MR) is 83.0 cm³/mol. The molecule has 0 saturated carbocycles. The van der Waals surface area contributed by atoms with Gasteiger partial charge in [-0.05, 0) is 24.3 Å². The van der Waals surface area contributed by atoms with Crippen LogP contribution in [0.15, 0.2) is 42.5 Å². The van der Waals surface area contributed by atoms with Crippen molar-refractivity contribution < 1.29 is 14.3 Å². The van der Waals surface area contributed by atoms with E-state index in [1.54, 1.807) is 42.5 Å². The highest BCUT2D eigenvalue weighted by atomic mass is 35.5. The average molecular weight is 307 g/mol. The van der Waals surface area contributed by atoms with Gasteiger partial charge in [-0.25, -0.2) is 0 Å². The predicted octanol–water partition coefficient (Wildman–Crippen LogP) is 2.95. The van der Waals surface area contributed by atoms with Gasteiger partial charge in [0.25, 0.3) is 5.91 Å². The molecule has 110 valence electrons. The Kier molecular flexibility index (Phi) is 4.90. The number of nitrogens with two attached hydrogens (primary N) is 1. The van der Waals surface area contributed by atoms with Crippen LogP contribution in [0.2, 0.25) is 5.02 Å². The van der Waals surface area contributed by atoms with Gasteiger partial charge in [0.1, 0.15) is 11.5 Å². The third kappa shape index (κ3) is 4.03. The van der Waals surface area contributed by atoms with Crippen LogP contribution in [0.25, 0.3) is 0 Å². The van der Waals surface area contributed by atoms with E-state index in [9.17, 15) is 4.79 Å². The van der Waals surface area contributed by atoms with E-state index in [0.717, 1.165) is 0 Å². The lowest BCUT2D eigenvalue weighted by Gasteiger charge is -2.10. The molecule has 0 aromatic heterocycles. The lowest BCUT2D eigenvalue weighted by atomic mass is 10.3. The van der Waals surface area contributed by atoms with Gasteiger partial charge in [-0.15, -0.1) is 0 Å². The van der Waals surface area contributed by atoms with E-state index in [2.05, 4.69) is 5.32 Å². The van der Waals surface area contributed by atoms with Gasteiger partial charge in [0.05, 0.1) is 17.8 Å². The number of benzene rings is 2. The number of para-hydroxylation sites is 2. The summed E-state index contributed by atoms with van der Waals surface area (Å²) in [5.41, 5.74) is 6.79. The molecule has 3 N–H and O–H groups in total. The minimum atomic E-state index is -0.303. The molecule has 0 aliphatic heterocycles. The number of rotatable bonds is 5. The number of ether oxygens (including phenoxy) is 2. The number of hydrogen-bond donors (Lipinski definition) is 2. The van der Waals surface area contributed by atoms with Gasteiger partial charge in [0, 0.05) is 11.8 Å².